The Bertz CT molecular complexity index is 499. The van der Waals surface area contributed by atoms with Crippen molar-refractivity contribution < 1.29 is 4.39 Å². The van der Waals surface area contributed by atoms with E-state index in [2.05, 4.69) is 27.4 Å². The zero-order chi connectivity index (χ0) is 13.0. The molecule has 2 rings (SSSR count). The van der Waals surface area contributed by atoms with Crippen molar-refractivity contribution in [3.63, 3.8) is 0 Å². The van der Waals surface area contributed by atoms with Gasteiger partial charge in [0.2, 0.25) is 0 Å². The lowest BCUT2D eigenvalue weighted by Gasteiger charge is -2.20. The minimum Gasteiger partial charge on any atom is -0.372 e. The van der Waals surface area contributed by atoms with Gasteiger partial charge in [0.1, 0.15) is 5.82 Å². The van der Waals surface area contributed by atoms with Crippen LogP contribution in [0.2, 0.25) is 0 Å². The zero-order valence-electron chi connectivity index (χ0n) is 10.2. The highest BCUT2D eigenvalue weighted by Gasteiger charge is 2.08. The van der Waals surface area contributed by atoms with Gasteiger partial charge in [-0.3, -0.25) is 0 Å². The number of rotatable bonds is 5. The highest BCUT2D eigenvalue weighted by Crippen LogP contribution is 2.21. The number of likely N-dealkylation sites (N-methyl/N-ethyl adjacent to an activating group) is 1. The van der Waals surface area contributed by atoms with Crippen LogP contribution in [0.15, 0.2) is 35.7 Å². The van der Waals surface area contributed by atoms with Gasteiger partial charge in [-0.25, -0.2) is 4.39 Å². The van der Waals surface area contributed by atoms with E-state index in [-0.39, 0.29) is 5.82 Å². The van der Waals surface area contributed by atoms with Gasteiger partial charge < -0.3 is 4.90 Å². The molecule has 1 aromatic heterocycles. The molecule has 0 amide bonds. The molecule has 4 heteroatoms. The molecule has 0 radical (unpaired) electrons. The van der Waals surface area contributed by atoms with Gasteiger partial charge >= 0.3 is 0 Å². The Kier molecular flexibility index (Phi) is 4.78. The van der Waals surface area contributed by atoms with E-state index in [4.69, 9.17) is 0 Å². The van der Waals surface area contributed by atoms with Gasteiger partial charge in [-0.05, 0) is 35.6 Å². The van der Waals surface area contributed by atoms with E-state index in [0.29, 0.717) is 11.0 Å². The first kappa shape index (κ1) is 13.6. The first-order valence-corrected chi connectivity index (χ1v) is 7.78. The second kappa shape index (κ2) is 6.34. The van der Waals surface area contributed by atoms with Crippen LogP contribution in [0.3, 0.4) is 0 Å². The molecule has 0 saturated heterocycles. The molecule has 0 bridgehead atoms. The number of nitrogens with zero attached hydrogens (tertiary/aromatic N) is 1. The molecular weight excluding hydrogens is 313 g/mol. The maximum absolute atomic E-state index is 13.9. The fourth-order valence-electron chi connectivity index (χ4n) is 1.80. The SMILES string of the molecule is CN(CCc1cccs1)c1ccc(CBr)cc1F. The first-order chi connectivity index (χ1) is 8.70. The summed E-state index contributed by atoms with van der Waals surface area (Å²) in [5.41, 5.74) is 1.62. The van der Waals surface area contributed by atoms with E-state index in [9.17, 15) is 4.39 Å². The van der Waals surface area contributed by atoms with Gasteiger partial charge in [-0.15, -0.1) is 11.3 Å². The zero-order valence-corrected chi connectivity index (χ0v) is 12.6. The Hall–Kier alpha value is -0.870. The average Bonchev–Trinajstić information content (AvgIpc) is 2.88. The topological polar surface area (TPSA) is 3.24 Å². The third-order valence-corrected chi connectivity index (χ3v) is 4.44. The summed E-state index contributed by atoms with van der Waals surface area (Å²) in [6.07, 6.45) is 0.952. The Balaban J connectivity index is 2.02. The first-order valence-electron chi connectivity index (χ1n) is 5.78. The van der Waals surface area contributed by atoms with Crippen molar-refractivity contribution in [2.45, 2.75) is 11.8 Å². The van der Waals surface area contributed by atoms with Crippen LogP contribution in [-0.4, -0.2) is 13.6 Å². The van der Waals surface area contributed by atoms with Gasteiger partial charge in [-0.1, -0.05) is 28.1 Å². The van der Waals surface area contributed by atoms with Crippen molar-refractivity contribution in [3.05, 3.63) is 52.0 Å². The molecule has 0 fully saturated rings. The Morgan fingerprint density at radius 3 is 2.78 bits per heavy atom. The monoisotopic (exact) mass is 327 g/mol. The molecule has 96 valence electrons. The molecule has 0 spiro atoms. The molecule has 0 saturated carbocycles. The Labute approximate surface area is 119 Å². The summed E-state index contributed by atoms with van der Waals surface area (Å²) in [7, 11) is 1.93. The number of thiophene rings is 1. The molecule has 0 aliphatic heterocycles. The van der Waals surface area contributed by atoms with E-state index < -0.39 is 0 Å². The second-order valence-electron chi connectivity index (χ2n) is 4.17. The predicted molar refractivity (Wildman–Crippen MR) is 80.3 cm³/mol. The van der Waals surface area contributed by atoms with Crippen molar-refractivity contribution in [1.29, 1.82) is 0 Å². The number of halogens is 2. The largest absolute Gasteiger partial charge is 0.372 e. The molecule has 0 aliphatic carbocycles. The Morgan fingerprint density at radius 2 is 2.17 bits per heavy atom. The lowest BCUT2D eigenvalue weighted by Crippen LogP contribution is -2.21. The van der Waals surface area contributed by atoms with E-state index >= 15 is 0 Å². The minimum atomic E-state index is -0.152. The number of hydrogen-bond acceptors (Lipinski definition) is 2. The van der Waals surface area contributed by atoms with Crippen LogP contribution in [0.25, 0.3) is 0 Å². The van der Waals surface area contributed by atoms with Crippen molar-refractivity contribution in [3.8, 4) is 0 Å². The highest BCUT2D eigenvalue weighted by molar-refractivity contribution is 9.08. The molecule has 0 atom stereocenters. The van der Waals surface area contributed by atoms with E-state index in [1.807, 2.05) is 30.1 Å². The fourth-order valence-corrected chi connectivity index (χ4v) is 2.84. The summed E-state index contributed by atoms with van der Waals surface area (Å²) in [5, 5.41) is 2.75. The van der Waals surface area contributed by atoms with Crippen LogP contribution in [0, 0.1) is 5.82 Å². The van der Waals surface area contributed by atoms with Crippen LogP contribution in [0.4, 0.5) is 10.1 Å². The summed E-state index contributed by atoms with van der Waals surface area (Å²) < 4.78 is 13.9. The lowest BCUT2D eigenvalue weighted by atomic mass is 10.2. The number of benzene rings is 1. The third kappa shape index (κ3) is 3.33. The van der Waals surface area contributed by atoms with Crippen molar-refractivity contribution >= 4 is 33.0 Å². The maximum atomic E-state index is 13.9. The summed E-state index contributed by atoms with van der Waals surface area (Å²) >= 11 is 5.07. The summed E-state index contributed by atoms with van der Waals surface area (Å²) in [5.74, 6) is -0.152. The predicted octanol–water partition coefficient (Wildman–Crippen LogP) is 4.46. The highest BCUT2D eigenvalue weighted by atomic mass is 79.9. The average molecular weight is 328 g/mol. The molecule has 1 aromatic carbocycles. The number of anilines is 1. The quantitative estimate of drug-likeness (QED) is 0.733. The van der Waals surface area contributed by atoms with Gasteiger partial charge in [-0.2, -0.15) is 0 Å². The van der Waals surface area contributed by atoms with Crippen molar-refractivity contribution in [2.75, 3.05) is 18.5 Å². The molecule has 0 aliphatic rings. The summed E-state index contributed by atoms with van der Waals surface area (Å²) in [6, 6.07) is 9.55. The molecule has 0 N–H and O–H groups in total. The minimum absolute atomic E-state index is 0.152. The van der Waals surface area contributed by atoms with Crippen LogP contribution in [0.5, 0.6) is 0 Å². The fraction of sp³-hybridized carbons (Fsp3) is 0.286. The van der Waals surface area contributed by atoms with Crippen molar-refractivity contribution in [1.82, 2.24) is 0 Å². The standard InChI is InChI=1S/C14H15BrFNS/c1-17(7-6-12-3-2-8-18-12)14-5-4-11(10-15)9-13(14)16/h2-5,8-9H,6-7,10H2,1H3. The van der Waals surface area contributed by atoms with E-state index in [1.165, 1.54) is 4.88 Å². The molecule has 18 heavy (non-hydrogen) atoms. The van der Waals surface area contributed by atoms with Gasteiger partial charge in [0.05, 0.1) is 5.69 Å². The van der Waals surface area contributed by atoms with Crippen LogP contribution in [0.1, 0.15) is 10.4 Å². The number of alkyl halides is 1. The third-order valence-electron chi connectivity index (χ3n) is 2.85. The molecule has 2 aromatic rings. The molecule has 0 unspecified atom stereocenters. The van der Waals surface area contributed by atoms with Crippen LogP contribution in [-0.2, 0) is 11.8 Å². The Morgan fingerprint density at radius 1 is 1.33 bits per heavy atom. The second-order valence-corrected chi connectivity index (χ2v) is 5.76. The van der Waals surface area contributed by atoms with Crippen LogP contribution < -0.4 is 4.90 Å². The molecule has 1 heterocycles. The lowest BCUT2D eigenvalue weighted by molar-refractivity contribution is 0.621. The summed E-state index contributed by atoms with van der Waals surface area (Å²) in [6.45, 7) is 0.824. The summed E-state index contributed by atoms with van der Waals surface area (Å²) in [4.78, 5) is 3.30. The van der Waals surface area contributed by atoms with Gasteiger partial charge in [0.25, 0.3) is 0 Å². The van der Waals surface area contributed by atoms with Crippen LogP contribution >= 0.6 is 27.3 Å². The smallest absolute Gasteiger partial charge is 0.146 e. The van der Waals surface area contributed by atoms with E-state index in [1.54, 1.807) is 17.4 Å². The van der Waals surface area contributed by atoms with Crippen molar-refractivity contribution in [2.24, 2.45) is 0 Å². The number of hydrogen-bond donors (Lipinski definition) is 0. The van der Waals surface area contributed by atoms with E-state index in [0.717, 1.165) is 18.5 Å². The van der Waals surface area contributed by atoms with Gasteiger partial charge in [0.15, 0.2) is 0 Å². The normalized spacial score (nSPS) is 10.6. The molecular formula is C14H15BrFNS. The molecule has 1 nitrogen and oxygen atoms in total. The van der Waals surface area contributed by atoms with Gasteiger partial charge in [0, 0.05) is 23.8 Å². The maximum Gasteiger partial charge on any atom is 0.146 e.